The van der Waals surface area contributed by atoms with Crippen LogP contribution in [0.1, 0.15) is 59.4 Å². The number of nitrogens with zero attached hydrogens (tertiary/aromatic N) is 4. The molecule has 2 aromatic rings. The molecule has 1 fully saturated rings. The predicted octanol–water partition coefficient (Wildman–Crippen LogP) is 2.32. The molecule has 1 aliphatic carbocycles. The summed E-state index contributed by atoms with van der Waals surface area (Å²) in [7, 11) is 1.79. The number of aryl methyl sites for hydroxylation is 3. The monoisotopic (exact) mass is 315 g/mol. The number of amides is 1. The van der Waals surface area contributed by atoms with Crippen molar-refractivity contribution in [3.63, 3.8) is 0 Å². The average Bonchev–Trinajstić information content (AvgIpc) is 3.20. The van der Waals surface area contributed by atoms with Gasteiger partial charge in [-0.05, 0) is 32.8 Å². The van der Waals surface area contributed by atoms with Gasteiger partial charge in [0.1, 0.15) is 11.5 Å². The Balaban J connectivity index is 1.61. The lowest BCUT2D eigenvalue weighted by molar-refractivity contribution is 0.0944. The summed E-state index contributed by atoms with van der Waals surface area (Å²) in [6.07, 6.45) is 7.79. The van der Waals surface area contributed by atoms with E-state index in [9.17, 15) is 4.79 Å². The summed E-state index contributed by atoms with van der Waals surface area (Å²) < 4.78 is 3.99. The third kappa shape index (κ3) is 3.30. The number of hydrogen-bond donors (Lipinski definition) is 1. The molecule has 1 aliphatic rings. The molecule has 0 aliphatic heterocycles. The zero-order chi connectivity index (χ0) is 16.4. The molecule has 0 aromatic carbocycles. The van der Waals surface area contributed by atoms with E-state index in [4.69, 9.17) is 0 Å². The highest BCUT2D eigenvalue weighted by Crippen LogP contribution is 2.31. The van der Waals surface area contributed by atoms with Gasteiger partial charge in [-0.3, -0.25) is 9.48 Å². The highest BCUT2D eigenvalue weighted by atomic mass is 16.2. The lowest BCUT2D eigenvalue weighted by atomic mass is 10.2. The molecule has 2 aromatic heterocycles. The minimum Gasteiger partial charge on any atom is -0.350 e. The highest BCUT2D eigenvalue weighted by Gasteiger charge is 2.21. The fourth-order valence-corrected chi connectivity index (χ4v) is 3.54. The Morgan fingerprint density at radius 3 is 2.74 bits per heavy atom. The van der Waals surface area contributed by atoms with Crippen molar-refractivity contribution in [3.8, 4) is 0 Å². The third-order valence-corrected chi connectivity index (χ3v) is 4.62. The Kier molecular flexibility index (Phi) is 4.50. The first-order chi connectivity index (χ1) is 11.1. The molecule has 0 radical (unpaired) electrons. The van der Waals surface area contributed by atoms with Gasteiger partial charge in [0.15, 0.2) is 0 Å². The fraction of sp³-hybridized carbons (Fsp3) is 0.588. The van der Waals surface area contributed by atoms with E-state index >= 15 is 0 Å². The molecule has 0 bridgehead atoms. The van der Waals surface area contributed by atoms with Gasteiger partial charge >= 0.3 is 0 Å². The summed E-state index contributed by atoms with van der Waals surface area (Å²) in [5.41, 5.74) is 2.67. The number of hydrogen-bond acceptors (Lipinski definition) is 3. The first kappa shape index (κ1) is 15.8. The fourth-order valence-electron chi connectivity index (χ4n) is 3.54. The summed E-state index contributed by atoms with van der Waals surface area (Å²) in [5, 5.41) is 7.18. The molecule has 0 spiro atoms. The first-order valence-corrected chi connectivity index (χ1v) is 8.38. The molecule has 6 heteroatoms. The van der Waals surface area contributed by atoms with E-state index in [1.807, 2.05) is 13.1 Å². The van der Waals surface area contributed by atoms with Crippen molar-refractivity contribution in [1.82, 2.24) is 24.6 Å². The standard InChI is InChI=1S/C17H25N5O/c1-12-10-15(21(3)20-12)17(23)18-9-8-16-19-11-13(2)22(16)14-6-4-5-7-14/h10-11,14H,4-9H2,1-3H3,(H,18,23). The van der Waals surface area contributed by atoms with E-state index in [-0.39, 0.29) is 5.91 Å². The summed E-state index contributed by atoms with van der Waals surface area (Å²) in [4.78, 5) is 16.8. The van der Waals surface area contributed by atoms with E-state index in [0.717, 1.165) is 17.9 Å². The molecule has 6 nitrogen and oxygen atoms in total. The van der Waals surface area contributed by atoms with Crippen LogP contribution in [0.15, 0.2) is 12.3 Å². The Labute approximate surface area is 136 Å². The van der Waals surface area contributed by atoms with Gasteiger partial charge in [0.2, 0.25) is 0 Å². The van der Waals surface area contributed by atoms with Crippen molar-refractivity contribution in [2.75, 3.05) is 6.54 Å². The minimum absolute atomic E-state index is 0.0798. The van der Waals surface area contributed by atoms with Crippen molar-refractivity contribution in [1.29, 1.82) is 0 Å². The van der Waals surface area contributed by atoms with Crippen LogP contribution in [0.3, 0.4) is 0 Å². The predicted molar refractivity (Wildman–Crippen MR) is 88.5 cm³/mol. The van der Waals surface area contributed by atoms with Gasteiger partial charge < -0.3 is 9.88 Å². The Morgan fingerprint density at radius 1 is 1.35 bits per heavy atom. The van der Waals surface area contributed by atoms with Gasteiger partial charge in [-0.2, -0.15) is 5.10 Å². The third-order valence-electron chi connectivity index (χ3n) is 4.62. The van der Waals surface area contributed by atoms with Gasteiger partial charge in [0.05, 0.1) is 5.69 Å². The molecular weight excluding hydrogens is 290 g/mol. The van der Waals surface area contributed by atoms with Gasteiger partial charge in [-0.1, -0.05) is 12.8 Å². The SMILES string of the molecule is Cc1cc(C(=O)NCCc2ncc(C)n2C2CCCC2)n(C)n1. The van der Waals surface area contributed by atoms with Gasteiger partial charge in [-0.15, -0.1) is 0 Å². The van der Waals surface area contributed by atoms with Crippen molar-refractivity contribution in [2.45, 2.75) is 52.0 Å². The van der Waals surface area contributed by atoms with Crippen LogP contribution in [-0.2, 0) is 13.5 Å². The zero-order valence-electron chi connectivity index (χ0n) is 14.2. The molecule has 0 saturated heterocycles. The Morgan fingerprint density at radius 2 is 2.09 bits per heavy atom. The quantitative estimate of drug-likeness (QED) is 0.921. The second-order valence-corrected chi connectivity index (χ2v) is 6.42. The van der Waals surface area contributed by atoms with Crippen LogP contribution in [0.5, 0.6) is 0 Å². The van der Waals surface area contributed by atoms with E-state index in [2.05, 4.69) is 26.9 Å². The van der Waals surface area contributed by atoms with Crippen LogP contribution in [0.4, 0.5) is 0 Å². The van der Waals surface area contributed by atoms with Gasteiger partial charge in [0, 0.05) is 37.9 Å². The maximum absolute atomic E-state index is 12.2. The van der Waals surface area contributed by atoms with Crippen LogP contribution in [0.25, 0.3) is 0 Å². The van der Waals surface area contributed by atoms with Crippen LogP contribution in [0.2, 0.25) is 0 Å². The molecule has 1 amide bonds. The zero-order valence-corrected chi connectivity index (χ0v) is 14.2. The number of rotatable bonds is 5. The summed E-state index contributed by atoms with van der Waals surface area (Å²) in [6.45, 7) is 4.59. The number of aromatic nitrogens is 4. The maximum atomic E-state index is 12.2. The first-order valence-electron chi connectivity index (χ1n) is 8.38. The maximum Gasteiger partial charge on any atom is 0.269 e. The van der Waals surface area contributed by atoms with Crippen molar-refractivity contribution < 1.29 is 4.79 Å². The molecule has 1 saturated carbocycles. The van der Waals surface area contributed by atoms with Crippen molar-refractivity contribution in [2.24, 2.45) is 7.05 Å². The van der Waals surface area contributed by atoms with Gasteiger partial charge in [-0.25, -0.2) is 4.98 Å². The number of carbonyl (C=O) groups is 1. The smallest absolute Gasteiger partial charge is 0.269 e. The van der Waals surface area contributed by atoms with Crippen molar-refractivity contribution >= 4 is 5.91 Å². The summed E-state index contributed by atoms with van der Waals surface area (Å²) >= 11 is 0. The lowest BCUT2D eigenvalue weighted by Gasteiger charge is -2.17. The van der Waals surface area contributed by atoms with Crippen LogP contribution in [-0.4, -0.2) is 31.8 Å². The molecule has 124 valence electrons. The topological polar surface area (TPSA) is 64.7 Å². The second kappa shape index (κ2) is 6.56. The molecule has 2 heterocycles. The van der Waals surface area contributed by atoms with Crippen LogP contribution < -0.4 is 5.32 Å². The number of imidazole rings is 1. The average molecular weight is 315 g/mol. The number of carbonyl (C=O) groups excluding carboxylic acids is 1. The van der Waals surface area contributed by atoms with Crippen LogP contribution in [0, 0.1) is 13.8 Å². The van der Waals surface area contributed by atoms with Crippen LogP contribution >= 0.6 is 0 Å². The van der Waals surface area contributed by atoms with E-state index in [1.165, 1.54) is 31.4 Å². The van der Waals surface area contributed by atoms with Gasteiger partial charge in [0.25, 0.3) is 5.91 Å². The molecule has 1 N–H and O–H groups in total. The summed E-state index contributed by atoms with van der Waals surface area (Å²) in [5.74, 6) is 1.000. The Bertz CT molecular complexity index is 694. The Hall–Kier alpha value is -2.11. The van der Waals surface area contributed by atoms with E-state index < -0.39 is 0 Å². The largest absolute Gasteiger partial charge is 0.350 e. The van der Waals surface area contributed by atoms with E-state index in [1.54, 1.807) is 17.8 Å². The van der Waals surface area contributed by atoms with Crippen molar-refractivity contribution in [3.05, 3.63) is 35.2 Å². The normalized spacial score (nSPS) is 15.3. The summed E-state index contributed by atoms with van der Waals surface area (Å²) in [6, 6.07) is 2.39. The highest BCUT2D eigenvalue weighted by molar-refractivity contribution is 5.92. The molecule has 0 atom stereocenters. The molecule has 0 unspecified atom stereocenters. The molecule has 23 heavy (non-hydrogen) atoms. The minimum atomic E-state index is -0.0798. The lowest BCUT2D eigenvalue weighted by Crippen LogP contribution is -2.28. The second-order valence-electron chi connectivity index (χ2n) is 6.42. The molecular formula is C17H25N5O. The number of nitrogens with one attached hydrogen (secondary N) is 1. The molecule has 3 rings (SSSR count). The van der Waals surface area contributed by atoms with E-state index in [0.29, 0.717) is 18.3 Å².